The Morgan fingerprint density at radius 1 is 1.20 bits per heavy atom. The van der Waals surface area contributed by atoms with Gasteiger partial charge < -0.3 is 5.32 Å². The number of nitrogens with one attached hydrogen (secondary N) is 1. The Morgan fingerprint density at radius 2 is 1.90 bits per heavy atom. The molecule has 0 bridgehead atoms. The van der Waals surface area contributed by atoms with E-state index in [-0.39, 0.29) is 5.54 Å². The van der Waals surface area contributed by atoms with Gasteiger partial charge in [-0.3, -0.25) is 9.88 Å². The van der Waals surface area contributed by atoms with Gasteiger partial charge in [-0.15, -0.1) is 0 Å². The minimum absolute atomic E-state index is 0.167. The SMILES string of the molecule is CC(C)(C)C1CC2c3ccncc3NC2N1C(C)(C)C. The molecule has 1 aromatic heterocycles. The fraction of sp³-hybridized carbons (Fsp3) is 0.706. The Morgan fingerprint density at radius 3 is 2.50 bits per heavy atom. The van der Waals surface area contributed by atoms with Crippen molar-refractivity contribution < 1.29 is 0 Å². The molecule has 3 nitrogen and oxygen atoms in total. The van der Waals surface area contributed by atoms with Gasteiger partial charge in [0.25, 0.3) is 0 Å². The van der Waals surface area contributed by atoms with Crippen LogP contribution < -0.4 is 5.32 Å². The Balaban J connectivity index is 2.01. The third kappa shape index (κ3) is 2.03. The molecule has 3 heteroatoms. The summed E-state index contributed by atoms with van der Waals surface area (Å²) in [6.45, 7) is 14.1. The Hall–Kier alpha value is -1.09. The van der Waals surface area contributed by atoms with Crippen molar-refractivity contribution in [3.8, 4) is 0 Å². The predicted molar refractivity (Wildman–Crippen MR) is 83.8 cm³/mol. The van der Waals surface area contributed by atoms with Gasteiger partial charge in [0.2, 0.25) is 0 Å². The topological polar surface area (TPSA) is 28.2 Å². The normalized spacial score (nSPS) is 30.0. The summed E-state index contributed by atoms with van der Waals surface area (Å²) in [5.41, 5.74) is 3.14. The minimum Gasteiger partial charge on any atom is -0.368 e. The molecule has 3 rings (SSSR count). The predicted octanol–water partition coefficient (Wildman–Crippen LogP) is 3.84. The van der Waals surface area contributed by atoms with Crippen LogP contribution in [0.25, 0.3) is 0 Å². The van der Waals surface area contributed by atoms with Crippen LogP contribution in [0.2, 0.25) is 0 Å². The summed E-state index contributed by atoms with van der Waals surface area (Å²) < 4.78 is 0. The molecule has 2 aliphatic heterocycles. The number of aromatic nitrogens is 1. The highest BCUT2D eigenvalue weighted by molar-refractivity contribution is 5.58. The molecule has 0 saturated carbocycles. The van der Waals surface area contributed by atoms with Crippen molar-refractivity contribution in [2.75, 3.05) is 5.32 Å². The number of nitrogens with zero attached hydrogens (tertiary/aromatic N) is 2. The van der Waals surface area contributed by atoms with E-state index in [4.69, 9.17) is 0 Å². The monoisotopic (exact) mass is 273 g/mol. The first-order chi connectivity index (χ1) is 9.19. The highest BCUT2D eigenvalue weighted by Gasteiger charge is 2.52. The lowest BCUT2D eigenvalue weighted by Crippen LogP contribution is -2.55. The number of hydrogen-bond acceptors (Lipinski definition) is 3. The lowest BCUT2D eigenvalue weighted by molar-refractivity contribution is 0.0334. The summed E-state index contributed by atoms with van der Waals surface area (Å²) in [5, 5.41) is 3.72. The van der Waals surface area contributed by atoms with Gasteiger partial charge >= 0.3 is 0 Å². The molecular formula is C17H27N3. The number of rotatable bonds is 0. The van der Waals surface area contributed by atoms with Gasteiger partial charge in [-0.1, -0.05) is 20.8 Å². The number of pyridine rings is 1. The summed E-state index contributed by atoms with van der Waals surface area (Å²) >= 11 is 0. The maximum absolute atomic E-state index is 4.26. The molecule has 1 N–H and O–H groups in total. The van der Waals surface area contributed by atoms with E-state index >= 15 is 0 Å². The second-order valence-electron chi connectivity index (χ2n) is 8.35. The van der Waals surface area contributed by atoms with Gasteiger partial charge in [0.15, 0.2) is 0 Å². The molecule has 1 aromatic rings. The lowest BCUT2D eigenvalue weighted by atomic mass is 9.82. The average molecular weight is 273 g/mol. The lowest BCUT2D eigenvalue weighted by Gasteiger charge is -2.45. The van der Waals surface area contributed by atoms with Crippen molar-refractivity contribution in [2.24, 2.45) is 5.41 Å². The van der Waals surface area contributed by atoms with Crippen LogP contribution in [0.4, 0.5) is 5.69 Å². The van der Waals surface area contributed by atoms with Crippen LogP contribution in [0.5, 0.6) is 0 Å². The number of hydrogen-bond donors (Lipinski definition) is 1. The molecule has 3 unspecified atom stereocenters. The second-order valence-corrected chi connectivity index (χ2v) is 8.35. The molecule has 1 saturated heterocycles. The van der Waals surface area contributed by atoms with E-state index in [1.807, 2.05) is 12.4 Å². The molecule has 0 aliphatic carbocycles. The zero-order chi connectivity index (χ0) is 14.7. The maximum atomic E-state index is 4.26. The number of fused-ring (bicyclic) bond motifs is 3. The second kappa shape index (κ2) is 4.20. The van der Waals surface area contributed by atoms with Gasteiger partial charge in [-0.25, -0.2) is 0 Å². The molecular weight excluding hydrogens is 246 g/mol. The highest BCUT2D eigenvalue weighted by Crippen LogP contribution is 2.51. The minimum atomic E-state index is 0.167. The van der Waals surface area contributed by atoms with Crippen LogP contribution in [0.1, 0.15) is 59.4 Å². The summed E-state index contributed by atoms with van der Waals surface area (Å²) in [4.78, 5) is 6.95. The Kier molecular flexibility index (Phi) is 2.91. The smallest absolute Gasteiger partial charge is 0.0872 e. The third-order valence-electron chi connectivity index (χ3n) is 4.83. The van der Waals surface area contributed by atoms with E-state index in [2.05, 4.69) is 62.8 Å². The summed E-state index contributed by atoms with van der Waals surface area (Å²) in [6, 6.07) is 2.80. The zero-order valence-corrected chi connectivity index (χ0v) is 13.6. The first kappa shape index (κ1) is 13.9. The Labute approximate surface area is 122 Å². The van der Waals surface area contributed by atoms with Crippen molar-refractivity contribution in [1.29, 1.82) is 0 Å². The van der Waals surface area contributed by atoms with Gasteiger partial charge in [0.1, 0.15) is 0 Å². The van der Waals surface area contributed by atoms with Crippen LogP contribution >= 0.6 is 0 Å². The molecule has 0 amide bonds. The highest BCUT2D eigenvalue weighted by atomic mass is 15.4. The van der Waals surface area contributed by atoms with E-state index in [0.29, 0.717) is 23.5 Å². The summed E-state index contributed by atoms with van der Waals surface area (Å²) in [7, 11) is 0. The standard InChI is InChI=1S/C17H27N3/c1-16(2,3)14-9-12-11-7-8-18-10-13(11)19-15(12)20(14)17(4,5)6/h7-8,10,12,14-15,19H,9H2,1-6H3. The molecule has 20 heavy (non-hydrogen) atoms. The fourth-order valence-corrected chi connectivity index (χ4v) is 4.00. The molecule has 3 atom stereocenters. The van der Waals surface area contributed by atoms with E-state index in [9.17, 15) is 0 Å². The molecule has 0 radical (unpaired) electrons. The molecule has 1 fully saturated rings. The molecule has 3 heterocycles. The van der Waals surface area contributed by atoms with E-state index in [1.165, 1.54) is 17.7 Å². The van der Waals surface area contributed by atoms with Gasteiger partial charge in [-0.2, -0.15) is 0 Å². The van der Waals surface area contributed by atoms with Crippen molar-refractivity contribution in [1.82, 2.24) is 9.88 Å². The summed E-state index contributed by atoms with van der Waals surface area (Å²) in [6.07, 6.45) is 5.54. The molecule has 0 aromatic carbocycles. The van der Waals surface area contributed by atoms with Crippen LogP contribution in [0.15, 0.2) is 18.5 Å². The van der Waals surface area contributed by atoms with E-state index in [0.717, 1.165) is 0 Å². The zero-order valence-electron chi connectivity index (χ0n) is 13.6. The van der Waals surface area contributed by atoms with E-state index in [1.54, 1.807) is 0 Å². The van der Waals surface area contributed by atoms with Gasteiger partial charge in [0, 0.05) is 23.7 Å². The van der Waals surface area contributed by atoms with Crippen molar-refractivity contribution in [3.05, 3.63) is 24.0 Å². The van der Waals surface area contributed by atoms with Crippen LogP contribution in [-0.2, 0) is 0 Å². The average Bonchev–Trinajstić information content (AvgIpc) is 2.81. The largest absolute Gasteiger partial charge is 0.368 e. The maximum Gasteiger partial charge on any atom is 0.0872 e. The van der Waals surface area contributed by atoms with Crippen molar-refractivity contribution in [3.63, 3.8) is 0 Å². The number of anilines is 1. The number of likely N-dealkylation sites (tertiary alicyclic amines) is 1. The van der Waals surface area contributed by atoms with Crippen LogP contribution in [0, 0.1) is 5.41 Å². The van der Waals surface area contributed by atoms with Crippen LogP contribution in [-0.4, -0.2) is 27.6 Å². The summed E-state index contributed by atoms with van der Waals surface area (Å²) in [5.74, 6) is 0.594. The van der Waals surface area contributed by atoms with E-state index < -0.39 is 0 Å². The molecule has 0 spiro atoms. The first-order valence-corrected chi connectivity index (χ1v) is 7.68. The van der Waals surface area contributed by atoms with Crippen molar-refractivity contribution >= 4 is 5.69 Å². The van der Waals surface area contributed by atoms with Gasteiger partial charge in [0.05, 0.1) is 18.1 Å². The quantitative estimate of drug-likeness (QED) is 0.778. The molecule has 110 valence electrons. The van der Waals surface area contributed by atoms with Crippen LogP contribution in [0.3, 0.4) is 0 Å². The fourth-order valence-electron chi connectivity index (χ4n) is 4.00. The van der Waals surface area contributed by atoms with Crippen molar-refractivity contribution in [2.45, 2.75) is 71.6 Å². The molecule has 2 aliphatic rings. The first-order valence-electron chi connectivity index (χ1n) is 7.68. The van der Waals surface area contributed by atoms with Gasteiger partial charge in [-0.05, 0) is 44.2 Å². The third-order valence-corrected chi connectivity index (χ3v) is 4.83. The Bertz CT molecular complexity index is 510.